The number of oxazole rings is 1. The van der Waals surface area contributed by atoms with E-state index in [4.69, 9.17) is 4.42 Å². The molecule has 0 aliphatic rings. The number of thioether (sulfide) groups is 1. The van der Waals surface area contributed by atoms with Crippen molar-refractivity contribution in [1.29, 1.82) is 0 Å². The molecule has 0 bridgehead atoms. The summed E-state index contributed by atoms with van der Waals surface area (Å²) >= 11 is 1.63. The van der Waals surface area contributed by atoms with Crippen LogP contribution in [0.2, 0.25) is 0 Å². The molecule has 0 atom stereocenters. The number of aromatic nitrogens is 3. The molecule has 0 unspecified atom stereocenters. The van der Waals surface area contributed by atoms with Crippen LogP contribution in [0.3, 0.4) is 0 Å². The molecular formula is C15H17N5OS. The number of rotatable bonds is 7. The molecule has 114 valence electrons. The monoisotopic (exact) mass is 315 g/mol. The number of hydrogen-bond donors (Lipinski definition) is 2. The van der Waals surface area contributed by atoms with Gasteiger partial charge in [-0.3, -0.25) is 0 Å². The van der Waals surface area contributed by atoms with Crippen LogP contribution in [0, 0.1) is 0 Å². The largest absolute Gasteiger partial charge is 0.424 e. The number of benzene rings is 1. The summed E-state index contributed by atoms with van der Waals surface area (Å²) in [6.45, 7) is 1.55. The predicted octanol–water partition coefficient (Wildman–Crippen LogP) is 3.25. The molecule has 0 saturated carbocycles. The summed E-state index contributed by atoms with van der Waals surface area (Å²) in [6, 6.07) is 8.28. The van der Waals surface area contributed by atoms with Crippen molar-refractivity contribution in [2.45, 2.75) is 11.3 Å². The fourth-order valence-corrected chi connectivity index (χ4v) is 2.26. The highest BCUT2D eigenvalue weighted by Gasteiger charge is 2.03. The molecule has 3 aromatic rings. The molecule has 0 radical (unpaired) electrons. The SMILES string of the molecule is CSc1cnc(NCCCNc2nc3ccccc3o2)nc1. The van der Waals surface area contributed by atoms with Crippen molar-refractivity contribution in [2.75, 3.05) is 30.0 Å². The lowest BCUT2D eigenvalue weighted by molar-refractivity contribution is 0.613. The Bertz CT molecular complexity index is 695. The molecule has 22 heavy (non-hydrogen) atoms. The van der Waals surface area contributed by atoms with Crippen LogP contribution in [0.1, 0.15) is 6.42 Å². The number of nitrogens with zero attached hydrogens (tertiary/aromatic N) is 3. The third-order valence-electron chi connectivity index (χ3n) is 3.07. The van der Waals surface area contributed by atoms with Gasteiger partial charge in [0.25, 0.3) is 6.01 Å². The molecule has 0 fully saturated rings. The zero-order valence-corrected chi connectivity index (χ0v) is 13.1. The first-order chi connectivity index (χ1) is 10.8. The predicted molar refractivity (Wildman–Crippen MR) is 89.4 cm³/mol. The molecule has 7 heteroatoms. The Balaban J connectivity index is 1.41. The Morgan fingerprint density at radius 3 is 2.64 bits per heavy atom. The van der Waals surface area contributed by atoms with Crippen molar-refractivity contribution < 1.29 is 4.42 Å². The van der Waals surface area contributed by atoms with E-state index in [0.29, 0.717) is 12.0 Å². The van der Waals surface area contributed by atoms with Crippen LogP contribution in [0.25, 0.3) is 11.1 Å². The maximum absolute atomic E-state index is 5.59. The first kappa shape index (κ1) is 14.6. The molecular weight excluding hydrogens is 298 g/mol. The first-order valence-electron chi connectivity index (χ1n) is 7.04. The second-order valence-electron chi connectivity index (χ2n) is 4.64. The van der Waals surface area contributed by atoms with Gasteiger partial charge in [0.2, 0.25) is 5.95 Å². The Hall–Kier alpha value is -2.28. The zero-order valence-electron chi connectivity index (χ0n) is 12.2. The van der Waals surface area contributed by atoms with E-state index in [2.05, 4.69) is 25.6 Å². The zero-order chi connectivity index (χ0) is 15.2. The van der Waals surface area contributed by atoms with Crippen LogP contribution in [0.15, 0.2) is 46.0 Å². The van der Waals surface area contributed by atoms with Gasteiger partial charge >= 0.3 is 0 Å². The maximum atomic E-state index is 5.59. The van der Waals surface area contributed by atoms with Gasteiger partial charge in [-0.1, -0.05) is 12.1 Å². The quantitative estimate of drug-likeness (QED) is 0.512. The highest BCUT2D eigenvalue weighted by molar-refractivity contribution is 7.98. The topological polar surface area (TPSA) is 75.9 Å². The lowest BCUT2D eigenvalue weighted by Gasteiger charge is -2.05. The van der Waals surface area contributed by atoms with Gasteiger partial charge in [0.05, 0.1) is 0 Å². The molecule has 6 nitrogen and oxygen atoms in total. The van der Waals surface area contributed by atoms with Crippen molar-refractivity contribution in [3.63, 3.8) is 0 Å². The van der Waals surface area contributed by atoms with Gasteiger partial charge in [-0.25, -0.2) is 9.97 Å². The minimum absolute atomic E-state index is 0.557. The number of hydrogen-bond acceptors (Lipinski definition) is 7. The average Bonchev–Trinajstić information content (AvgIpc) is 2.98. The van der Waals surface area contributed by atoms with Crippen LogP contribution in [-0.4, -0.2) is 34.3 Å². The number of para-hydroxylation sites is 2. The summed E-state index contributed by atoms with van der Waals surface area (Å²) in [5.74, 6) is 0.652. The van der Waals surface area contributed by atoms with Crippen LogP contribution in [-0.2, 0) is 0 Å². The Morgan fingerprint density at radius 2 is 1.86 bits per heavy atom. The number of nitrogens with one attached hydrogen (secondary N) is 2. The molecule has 0 amide bonds. The van der Waals surface area contributed by atoms with Crippen LogP contribution < -0.4 is 10.6 Å². The molecule has 0 saturated heterocycles. The fraction of sp³-hybridized carbons (Fsp3) is 0.267. The lowest BCUT2D eigenvalue weighted by atomic mass is 10.3. The average molecular weight is 315 g/mol. The fourth-order valence-electron chi connectivity index (χ4n) is 1.94. The van der Waals surface area contributed by atoms with Crippen LogP contribution in [0.4, 0.5) is 12.0 Å². The highest BCUT2D eigenvalue weighted by Crippen LogP contribution is 2.17. The van der Waals surface area contributed by atoms with Gasteiger partial charge in [0.15, 0.2) is 5.58 Å². The minimum atomic E-state index is 0.557. The number of anilines is 2. The normalized spacial score (nSPS) is 10.8. The molecule has 2 heterocycles. The van der Waals surface area contributed by atoms with Gasteiger partial charge in [-0.15, -0.1) is 11.8 Å². The Kier molecular flexibility index (Phi) is 4.75. The molecule has 3 rings (SSSR count). The second kappa shape index (κ2) is 7.13. The minimum Gasteiger partial charge on any atom is -0.424 e. The van der Waals surface area contributed by atoms with E-state index in [9.17, 15) is 0 Å². The van der Waals surface area contributed by atoms with Crippen molar-refractivity contribution >= 4 is 34.8 Å². The van der Waals surface area contributed by atoms with E-state index in [1.807, 2.05) is 42.9 Å². The first-order valence-corrected chi connectivity index (χ1v) is 8.27. The summed E-state index contributed by atoms with van der Waals surface area (Å²) < 4.78 is 5.59. The second-order valence-corrected chi connectivity index (χ2v) is 5.52. The summed E-state index contributed by atoms with van der Waals surface area (Å²) in [5.41, 5.74) is 1.66. The van der Waals surface area contributed by atoms with Crippen molar-refractivity contribution in [3.05, 3.63) is 36.7 Å². The van der Waals surface area contributed by atoms with E-state index < -0.39 is 0 Å². The molecule has 0 aliphatic heterocycles. The van der Waals surface area contributed by atoms with Gasteiger partial charge < -0.3 is 15.1 Å². The standard InChI is InChI=1S/C15H17N5OS/c1-22-11-9-18-14(19-10-11)16-7-4-8-17-15-20-12-5-2-3-6-13(12)21-15/h2-3,5-6,9-10H,4,7-8H2,1H3,(H,17,20)(H,16,18,19). The van der Waals surface area contributed by atoms with Gasteiger partial charge in [0.1, 0.15) is 5.52 Å². The van der Waals surface area contributed by atoms with E-state index in [-0.39, 0.29) is 0 Å². The number of fused-ring (bicyclic) bond motifs is 1. The molecule has 1 aromatic carbocycles. The molecule has 0 spiro atoms. The van der Waals surface area contributed by atoms with Gasteiger partial charge in [-0.05, 0) is 24.8 Å². The van der Waals surface area contributed by atoms with E-state index in [1.54, 1.807) is 11.8 Å². The Morgan fingerprint density at radius 1 is 1.09 bits per heavy atom. The third kappa shape index (κ3) is 3.67. The van der Waals surface area contributed by atoms with Crippen molar-refractivity contribution in [2.24, 2.45) is 0 Å². The Labute approximate surface area is 132 Å². The summed E-state index contributed by atoms with van der Waals surface area (Å²) in [4.78, 5) is 13.9. The van der Waals surface area contributed by atoms with E-state index in [0.717, 1.165) is 35.5 Å². The summed E-state index contributed by atoms with van der Waals surface area (Å²) in [5, 5.41) is 6.36. The third-order valence-corrected chi connectivity index (χ3v) is 3.75. The van der Waals surface area contributed by atoms with Crippen molar-refractivity contribution in [3.8, 4) is 0 Å². The summed E-state index contributed by atoms with van der Waals surface area (Å²) in [6.07, 6.45) is 6.54. The summed E-state index contributed by atoms with van der Waals surface area (Å²) in [7, 11) is 0. The molecule has 2 N–H and O–H groups in total. The molecule has 0 aliphatic carbocycles. The molecule has 2 aromatic heterocycles. The van der Waals surface area contributed by atoms with Crippen LogP contribution in [0.5, 0.6) is 0 Å². The lowest BCUT2D eigenvalue weighted by Crippen LogP contribution is -2.10. The van der Waals surface area contributed by atoms with Gasteiger partial charge in [-0.2, -0.15) is 4.98 Å². The smallest absolute Gasteiger partial charge is 0.295 e. The van der Waals surface area contributed by atoms with Crippen LogP contribution >= 0.6 is 11.8 Å². The van der Waals surface area contributed by atoms with E-state index >= 15 is 0 Å². The highest BCUT2D eigenvalue weighted by atomic mass is 32.2. The van der Waals surface area contributed by atoms with Gasteiger partial charge in [0, 0.05) is 30.4 Å². The van der Waals surface area contributed by atoms with Crippen molar-refractivity contribution in [1.82, 2.24) is 15.0 Å². The van der Waals surface area contributed by atoms with E-state index in [1.165, 1.54) is 0 Å². The maximum Gasteiger partial charge on any atom is 0.295 e.